The van der Waals surface area contributed by atoms with E-state index in [1.165, 1.54) is 7.11 Å². The quantitative estimate of drug-likeness (QED) is 0.455. The first kappa shape index (κ1) is 17.7. The molecule has 0 saturated heterocycles. The van der Waals surface area contributed by atoms with Gasteiger partial charge in [0.05, 0.1) is 18.4 Å². The summed E-state index contributed by atoms with van der Waals surface area (Å²) in [5.74, 6) is -2.04. The molecule has 11 heteroatoms. The van der Waals surface area contributed by atoms with E-state index < -0.39 is 17.7 Å². The van der Waals surface area contributed by atoms with Crippen molar-refractivity contribution in [1.29, 1.82) is 10.5 Å². The summed E-state index contributed by atoms with van der Waals surface area (Å²) in [4.78, 5) is 8.26. The molecule has 2 aromatic rings. The average Bonchev–Trinajstić information content (AvgIpc) is 2.60. The fourth-order valence-electron chi connectivity index (χ4n) is 2.79. The largest absolute Gasteiger partial charge is 0.496 e. The van der Waals surface area contributed by atoms with Crippen LogP contribution in [0, 0.1) is 34.4 Å². The van der Waals surface area contributed by atoms with E-state index in [-0.39, 0.29) is 45.7 Å². The number of pyridine rings is 1. The molecular formula is C16H12F2N8O. The van der Waals surface area contributed by atoms with Gasteiger partial charge in [-0.2, -0.15) is 10.5 Å². The van der Waals surface area contributed by atoms with Gasteiger partial charge in [0, 0.05) is 17.7 Å². The van der Waals surface area contributed by atoms with Crippen molar-refractivity contribution in [2.45, 2.75) is 6.04 Å². The molecule has 0 saturated carbocycles. The van der Waals surface area contributed by atoms with Crippen LogP contribution in [0.4, 0.5) is 26.1 Å². The molecular weight excluding hydrogens is 358 g/mol. The summed E-state index contributed by atoms with van der Waals surface area (Å²) in [7, 11) is 1.24. The van der Waals surface area contributed by atoms with Crippen molar-refractivity contribution in [2.24, 2.45) is 4.99 Å². The van der Waals surface area contributed by atoms with Gasteiger partial charge in [-0.05, 0) is 0 Å². The van der Waals surface area contributed by atoms with Crippen LogP contribution in [-0.2, 0) is 0 Å². The molecule has 1 aliphatic rings. The van der Waals surface area contributed by atoms with Crippen LogP contribution >= 0.6 is 0 Å². The number of methoxy groups -OCH3 is 1. The number of halogens is 2. The Morgan fingerprint density at radius 2 is 2.00 bits per heavy atom. The molecule has 0 bridgehead atoms. The topological polar surface area (TPSA) is 158 Å². The number of ether oxygens (including phenoxy) is 1. The molecule has 2 heterocycles. The number of aromatic nitrogens is 1. The third kappa shape index (κ3) is 2.87. The predicted molar refractivity (Wildman–Crippen MR) is 92.3 cm³/mol. The van der Waals surface area contributed by atoms with Crippen molar-refractivity contribution < 1.29 is 13.5 Å². The van der Waals surface area contributed by atoms with E-state index >= 15 is 0 Å². The number of nitriles is 2. The lowest BCUT2D eigenvalue weighted by atomic mass is 9.94. The summed E-state index contributed by atoms with van der Waals surface area (Å²) in [5.41, 5.74) is 11.6. The number of guanidine groups is 1. The highest BCUT2D eigenvalue weighted by Crippen LogP contribution is 2.44. The van der Waals surface area contributed by atoms with E-state index in [0.29, 0.717) is 6.07 Å². The first-order valence-electron chi connectivity index (χ1n) is 7.43. The van der Waals surface area contributed by atoms with Crippen LogP contribution < -0.4 is 26.8 Å². The van der Waals surface area contributed by atoms with E-state index in [1.54, 1.807) is 6.19 Å². The zero-order valence-corrected chi connectivity index (χ0v) is 13.8. The molecule has 1 aliphatic heterocycles. The van der Waals surface area contributed by atoms with E-state index in [2.05, 4.69) is 20.6 Å². The Bertz CT molecular complexity index is 1050. The summed E-state index contributed by atoms with van der Waals surface area (Å²) in [5, 5.41) is 23.1. The molecule has 9 nitrogen and oxygen atoms in total. The van der Waals surface area contributed by atoms with Gasteiger partial charge in [0.1, 0.15) is 46.7 Å². The highest BCUT2D eigenvalue weighted by atomic mass is 19.1. The van der Waals surface area contributed by atoms with Gasteiger partial charge in [-0.1, -0.05) is 0 Å². The van der Waals surface area contributed by atoms with Gasteiger partial charge in [0.2, 0.25) is 5.96 Å². The highest BCUT2D eigenvalue weighted by molar-refractivity contribution is 5.98. The summed E-state index contributed by atoms with van der Waals surface area (Å²) < 4.78 is 33.3. The van der Waals surface area contributed by atoms with E-state index in [9.17, 15) is 14.0 Å². The Balaban J connectivity index is 2.34. The van der Waals surface area contributed by atoms with Gasteiger partial charge in [-0.15, -0.1) is 0 Å². The lowest BCUT2D eigenvalue weighted by Gasteiger charge is -2.27. The Kier molecular flexibility index (Phi) is 4.36. The third-order valence-electron chi connectivity index (χ3n) is 3.91. The molecule has 27 heavy (non-hydrogen) atoms. The minimum absolute atomic E-state index is 0.0585. The second-order valence-electron chi connectivity index (χ2n) is 5.41. The number of nitrogens with two attached hydrogens (primary N) is 2. The third-order valence-corrected chi connectivity index (χ3v) is 3.91. The van der Waals surface area contributed by atoms with Gasteiger partial charge in [-0.3, -0.25) is 5.32 Å². The SMILES string of the molecule is COc1cc(F)cc(F)c1C1N=C(NC#N)Nc2nc(N)c(C#N)c(N)c21. The maximum absolute atomic E-state index is 14.6. The number of rotatable bonds is 2. The normalized spacial score (nSPS) is 14.9. The number of nitrogens with zero attached hydrogens (tertiary/aromatic N) is 4. The van der Waals surface area contributed by atoms with Gasteiger partial charge >= 0.3 is 0 Å². The lowest BCUT2D eigenvalue weighted by Crippen LogP contribution is -2.33. The number of fused-ring (bicyclic) bond motifs is 1. The predicted octanol–water partition coefficient (Wildman–Crippen LogP) is 1.35. The number of anilines is 3. The minimum atomic E-state index is -1.17. The van der Waals surface area contributed by atoms with Crippen LogP contribution in [0.5, 0.6) is 5.75 Å². The molecule has 1 aromatic carbocycles. The lowest BCUT2D eigenvalue weighted by molar-refractivity contribution is 0.397. The van der Waals surface area contributed by atoms with Gasteiger partial charge in [0.15, 0.2) is 6.19 Å². The Morgan fingerprint density at radius 1 is 1.26 bits per heavy atom. The zero-order valence-electron chi connectivity index (χ0n) is 13.8. The molecule has 6 N–H and O–H groups in total. The van der Waals surface area contributed by atoms with Crippen LogP contribution in [0.2, 0.25) is 0 Å². The van der Waals surface area contributed by atoms with Crippen molar-refractivity contribution in [3.63, 3.8) is 0 Å². The molecule has 1 atom stereocenters. The fourth-order valence-corrected chi connectivity index (χ4v) is 2.79. The Hall–Kier alpha value is -4.12. The molecule has 0 aliphatic carbocycles. The summed E-state index contributed by atoms with van der Waals surface area (Å²) in [6.45, 7) is 0. The molecule has 3 rings (SSSR count). The van der Waals surface area contributed by atoms with Crippen molar-refractivity contribution in [2.75, 3.05) is 23.9 Å². The second kappa shape index (κ2) is 6.65. The molecule has 136 valence electrons. The van der Waals surface area contributed by atoms with Gasteiger partial charge in [0.25, 0.3) is 0 Å². The number of benzene rings is 1. The van der Waals surface area contributed by atoms with Crippen LogP contribution in [0.15, 0.2) is 17.1 Å². The van der Waals surface area contributed by atoms with E-state index in [1.807, 2.05) is 6.07 Å². The molecule has 0 radical (unpaired) electrons. The molecule has 1 aromatic heterocycles. The van der Waals surface area contributed by atoms with Crippen molar-refractivity contribution >= 4 is 23.3 Å². The van der Waals surface area contributed by atoms with E-state index in [0.717, 1.165) is 6.07 Å². The number of hydrogen-bond donors (Lipinski definition) is 4. The smallest absolute Gasteiger partial charge is 0.211 e. The molecule has 0 spiro atoms. The zero-order chi connectivity index (χ0) is 19.7. The molecule has 0 fully saturated rings. The monoisotopic (exact) mass is 370 g/mol. The van der Waals surface area contributed by atoms with Crippen LogP contribution in [-0.4, -0.2) is 18.1 Å². The number of nitrogen functional groups attached to an aromatic ring is 2. The first-order chi connectivity index (χ1) is 12.9. The molecule has 0 amide bonds. The maximum atomic E-state index is 14.6. The Morgan fingerprint density at radius 3 is 2.63 bits per heavy atom. The number of aliphatic imine (C=N–C) groups is 1. The average molecular weight is 370 g/mol. The van der Waals surface area contributed by atoms with Crippen LogP contribution in [0.1, 0.15) is 22.7 Å². The summed E-state index contributed by atoms with van der Waals surface area (Å²) in [6, 6.07) is 2.31. The minimum Gasteiger partial charge on any atom is -0.496 e. The highest BCUT2D eigenvalue weighted by Gasteiger charge is 2.33. The molecule has 1 unspecified atom stereocenters. The van der Waals surface area contributed by atoms with Crippen LogP contribution in [0.3, 0.4) is 0 Å². The number of hydrogen-bond acceptors (Lipinski definition) is 9. The second-order valence-corrected chi connectivity index (χ2v) is 5.41. The Labute approximate surface area is 151 Å². The van der Waals surface area contributed by atoms with Crippen molar-refractivity contribution in [3.8, 4) is 18.0 Å². The van der Waals surface area contributed by atoms with Gasteiger partial charge < -0.3 is 21.5 Å². The van der Waals surface area contributed by atoms with Crippen molar-refractivity contribution in [1.82, 2.24) is 10.3 Å². The summed E-state index contributed by atoms with van der Waals surface area (Å²) >= 11 is 0. The van der Waals surface area contributed by atoms with Gasteiger partial charge in [-0.25, -0.2) is 18.8 Å². The fraction of sp³-hybridized carbons (Fsp3) is 0.125. The van der Waals surface area contributed by atoms with E-state index in [4.69, 9.17) is 21.5 Å². The number of nitrogens with one attached hydrogen (secondary N) is 2. The standard InChI is InChI=1S/C16H12F2N8O/c1-27-9-3-6(17)2-8(18)10(9)13-11-12(21)7(4-19)14(22)25-15(11)26-16(24-13)23-5-20/h2-3,13H,1H3,(H6,21,22,23,24,25,26). The summed E-state index contributed by atoms with van der Waals surface area (Å²) in [6.07, 6.45) is 1.67. The maximum Gasteiger partial charge on any atom is 0.211 e. The van der Waals surface area contributed by atoms with Crippen LogP contribution in [0.25, 0.3) is 0 Å². The van der Waals surface area contributed by atoms with Crippen molar-refractivity contribution in [3.05, 3.63) is 40.5 Å². The first-order valence-corrected chi connectivity index (χ1v) is 7.43.